The van der Waals surface area contributed by atoms with Gasteiger partial charge in [-0.2, -0.15) is 5.10 Å². The number of benzene rings is 1. The molecular weight excluding hydrogens is 229 g/mol. The second kappa shape index (κ2) is 6.02. The molecule has 0 atom stereocenters. The standard InChI is InChI=1S/C10H12FN3OS/c1-2-15-9-5-8(11)4-3-7(9)6-13-14-10(12)16/h3-6H,2H2,1H3,(H3,12,14,16). The van der Waals surface area contributed by atoms with Crippen molar-refractivity contribution in [2.75, 3.05) is 6.61 Å². The number of halogens is 1. The van der Waals surface area contributed by atoms with Crippen LogP contribution in [-0.4, -0.2) is 17.9 Å². The number of nitrogens with one attached hydrogen (secondary N) is 1. The van der Waals surface area contributed by atoms with Gasteiger partial charge in [0, 0.05) is 11.6 Å². The summed E-state index contributed by atoms with van der Waals surface area (Å²) in [5, 5.41) is 3.84. The highest BCUT2D eigenvalue weighted by Crippen LogP contribution is 2.18. The van der Waals surface area contributed by atoms with E-state index in [0.717, 1.165) is 0 Å². The minimum atomic E-state index is -0.358. The maximum atomic E-state index is 12.9. The Bertz CT molecular complexity index is 409. The summed E-state index contributed by atoms with van der Waals surface area (Å²) in [7, 11) is 0. The molecule has 0 aliphatic rings. The van der Waals surface area contributed by atoms with Gasteiger partial charge in [0.1, 0.15) is 11.6 Å². The average molecular weight is 241 g/mol. The van der Waals surface area contributed by atoms with Gasteiger partial charge in [-0.25, -0.2) is 4.39 Å². The molecule has 0 saturated heterocycles. The molecule has 1 aromatic carbocycles. The minimum Gasteiger partial charge on any atom is -0.493 e. The molecule has 0 amide bonds. The van der Waals surface area contributed by atoms with Gasteiger partial charge in [-0.05, 0) is 31.3 Å². The zero-order chi connectivity index (χ0) is 12.0. The highest BCUT2D eigenvalue weighted by atomic mass is 32.1. The average Bonchev–Trinajstić information content (AvgIpc) is 2.21. The van der Waals surface area contributed by atoms with Gasteiger partial charge >= 0.3 is 0 Å². The summed E-state index contributed by atoms with van der Waals surface area (Å²) in [6.07, 6.45) is 1.46. The monoisotopic (exact) mass is 241 g/mol. The first-order chi connectivity index (χ1) is 7.63. The van der Waals surface area contributed by atoms with Crippen molar-refractivity contribution in [3.63, 3.8) is 0 Å². The van der Waals surface area contributed by atoms with Gasteiger partial charge in [0.2, 0.25) is 0 Å². The van der Waals surface area contributed by atoms with Crippen molar-refractivity contribution in [1.82, 2.24) is 5.43 Å². The Hall–Kier alpha value is -1.69. The molecule has 0 aromatic heterocycles. The second-order valence-electron chi connectivity index (χ2n) is 2.85. The number of hydrazone groups is 1. The molecular formula is C10H12FN3OS. The highest BCUT2D eigenvalue weighted by Gasteiger charge is 2.02. The molecule has 0 bridgehead atoms. The normalized spacial score (nSPS) is 10.4. The van der Waals surface area contributed by atoms with Crippen molar-refractivity contribution in [3.8, 4) is 5.75 Å². The smallest absolute Gasteiger partial charge is 0.184 e. The van der Waals surface area contributed by atoms with E-state index < -0.39 is 0 Å². The van der Waals surface area contributed by atoms with Gasteiger partial charge in [-0.1, -0.05) is 0 Å². The Morgan fingerprint density at radius 1 is 1.69 bits per heavy atom. The van der Waals surface area contributed by atoms with Crippen LogP contribution in [0.1, 0.15) is 12.5 Å². The summed E-state index contributed by atoms with van der Waals surface area (Å²) in [6.45, 7) is 2.27. The van der Waals surface area contributed by atoms with Crippen molar-refractivity contribution in [2.45, 2.75) is 6.92 Å². The molecule has 0 fully saturated rings. The molecule has 6 heteroatoms. The molecule has 1 rings (SSSR count). The topological polar surface area (TPSA) is 59.6 Å². The number of hydrogen-bond donors (Lipinski definition) is 2. The Labute approximate surface area is 98.3 Å². The molecule has 0 saturated carbocycles. The zero-order valence-corrected chi connectivity index (χ0v) is 9.55. The van der Waals surface area contributed by atoms with E-state index in [1.807, 2.05) is 6.92 Å². The molecule has 86 valence electrons. The third kappa shape index (κ3) is 3.82. The largest absolute Gasteiger partial charge is 0.493 e. The van der Waals surface area contributed by atoms with Gasteiger partial charge in [-0.3, -0.25) is 5.43 Å². The van der Waals surface area contributed by atoms with Crippen molar-refractivity contribution < 1.29 is 9.13 Å². The number of nitrogens with zero attached hydrogens (tertiary/aromatic N) is 1. The predicted octanol–water partition coefficient (Wildman–Crippen LogP) is 1.39. The van der Waals surface area contributed by atoms with Crippen LogP contribution < -0.4 is 15.9 Å². The molecule has 0 aliphatic heterocycles. The van der Waals surface area contributed by atoms with Crippen LogP contribution in [0.25, 0.3) is 0 Å². The fourth-order valence-corrected chi connectivity index (χ4v) is 1.11. The summed E-state index contributed by atoms with van der Waals surface area (Å²) in [5.41, 5.74) is 8.25. The van der Waals surface area contributed by atoms with Crippen LogP contribution >= 0.6 is 12.2 Å². The van der Waals surface area contributed by atoms with E-state index in [2.05, 4.69) is 22.7 Å². The number of hydrogen-bond acceptors (Lipinski definition) is 3. The fraction of sp³-hybridized carbons (Fsp3) is 0.200. The first-order valence-electron chi connectivity index (χ1n) is 4.64. The lowest BCUT2D eigenvalue weighted by Crippen LogP contribution is -2.24. The molecule has 3 N–H and O–H groups in total. The molecule has 16 heavy (non-hydrogen) atoms. The Balaban J connectivity index is 2.85. The molecule has 0 aliphatic carbocycles. The van der Waals surface area contributed by atoms with Crippen molar-refractivity contribution in [1.29, 1.82) is 0 Å². The number of nitrogens with two attached hydrogens (primary N) is 1. The Kier molecular flexibility index (Phi) is 4.65. The molecule has 0 unspecified atom stereocenters. The van der Waals surface area contributed by atoms with E-state index in [0.29, 0.717) is 17.9 Å². The van der Waals surface area contributed by atoms with Gasteiger partial charge in [-0.15, -0.1) is 0 Å². The van der Waals surface area contributed by atoms with Gasteiger partial charge in [0.15, 0.2) is 5.11 Å². The van der Waals surface area contributed by atoms with Crippen molar-refractivity contribution >= 4 is 23.5 Å². The Morgan fingerprint density at radius 3 is 3.06 bits per heavy atom. The Morgan fingerprint density at radius 2 is 2.44 bits per heavy atom. The maximum Gasteiger partial charge on any atom is 0.184 e. The molecule has 4 nitrogen and oxygen atoms in total. The second-order valence-corrected chi connectivity index (χ2v) is 3.29. The number of rotatable bonds is 4. The van der Waals surface area contributed by atoms with Crippen LogP contribution in [0.2, 0.25) is 0 Å². The molecule has 0 heterocycles. The lowest BCUT2D eigenvalue weighted by atomic mass is 10.2. The number of ether oxygens (including phenoxy) is 1. The first kappa shape index (κ1) is 12.4. The molecule has 1 aromatic rings. The quantitative estimate of drug-likeness (QED) is 0.475. The van der Waals surface area contributed by atoms with E-state index in [1.165, 1.54) is 18.3 Å². The summed E-state index contributed by atoms with van der Waals surface area (Å²) in [6, 6.07) is 4.18. The van der Waals surface area contributed by atoms with Crippen LogP contribution in [0.5, 0.6) is 5.75 Å². The zero-order valence-electron chi connectivity index (χ0n) is 8.74. The third-order valence-electron chi connectivity index (χ3n) is 1.65. The highest BCUT2D eigenvalue weighted by molar-refractivity contribution is 7.80. The third-order valence-corrected chi connectivity index (χ3v) is 1.75. The summed E-state index contributed by atoms with van der Waals surface area (Å²) >= 11 is 4.58. The summed E-state index contributed by atoms with van der Waals surface area (Å²) < 4.78 is 18.2. The van der Waals surface area contributed by atoms with Crippen LogP contribution in [0.15, 0.2) is 23.3 Å². The lowest BCUT2D eigenvalue weighted by molar-refractivity contribution is 0.338. The van der Waals surface area contributed by atoms with E-state index in [9.17, 15) is 4.39 Å². The molecule has 0 radical (unpaired) electrons. The van der Waals surface area contributed by atoms with E-state index in [4.69, 9.17) is 10.5 Å². The molecule has 0 spiro atoms. The van der Waals surface area contributed by atoms with E-state index in [1.54, 1.807) is 6.07 Å². The predicted molar refractivity (Wildman–Crippen MR) is 65.1 cm³/mol. The van der Waals surface area contributed by atoms with E-state index >= 15 is 0 Å². The fourth-order valence-electron chi connectivity index (χ4n) is 1.06. The maximum absolute atomic E-state index is 12.9. The van der Waals surface area contributed by atoms with Crippen LogP contribution in [0.3, 0.4) is 0 Å². The van der Waals surface area contributed by atoms with E-state index in [-0.39, 0.29) is 10.9 Å². The van der Waals surface area contributed by atoms with Gasteiger partial charge < -0.3 is 10.5 Å². The van der Waals surface area contributed by atoms with Crippen molar-refractivity contribution in [3.05, 3.63) is 29.6 Å². The van der Waals surface area contributed by atoms with Crippen molar-refractivity contribution in [2.24, 2.45) is 10.8 Å². The van der Waals surface area contributed by atoms with Gasteiger partial charge in [0.25, 0.3) is 0 Å². The summed E-state index contributed by atoms with van der Waals surface area (Å²) in [4.78, 5) is 0. The van der Waals surface area contributed by atoms with Crippen LogP contribution in [0, 0.1) is 5.82 Å². The number of thiocarbonyl (C=S) groups is 1. The van der Waals surface area contributed by atoms with Gasteiger partial charge in [0.05, 0.1) is 12.8 Å². The first-order valence-corrected chi connectivity index (χ1v) is 5.05. The van der Waals surface area contributed by atoms with Crippen LogP contribution in [0.4, 0.5) is 4.39 Å². The summed E-state index contributed by atoms with van der Waals surface area (Å²) in [5.74, 6) is 0.0684. The minimum absolute atomic E-state index is 0.0660. The lowest BCUT2D eigenvalue weighted by Gasteiger charge is -2.06. The van der Waals surface area contributed by atoms with Crippen LogP contribution in [-0.2, 0) is 0 Å². The SMILES string of the molecule is CCOc1cc(F)ccc1C=NNC(N)=S.